The highest BCUT2D eigenvalue weighted by Gasteiger charge is 2.35. The van der Waals surface area contributed by atoms with E-state index in [-0.39, 0.29) is 11.3 Å². The largest absolute Gasteiger partial charge is 0.464 e. The van der Waals surface area contributed by atoms with Crippen LogP contribution in [-0.2, 0) is 17.3 Å². The second kappa shape index (κ2) is 7.93. The van der Waals surface area contributed by atoms with Gasteiger partial charge in [0.05, 0.1) is 18.2 Å². The van der Waals surface area contributed by atoms with Gasteiger partial charge in [-0.25, -0.2) is 14.6 Å². The van der Waals surface area contributed by atoms with Crippen LogP contribution in [0.1, 0.15) is 52.9 Å². The molecule has 1 aromatic carbocycles. The van der Waals surface area contributed by atoms with Crippen molar-refractivity contribution >= 4 is 11.9 Å². The highest BCUT2D eigenvalue weighted by molar-refractivity contribution is 5.94. The molecule has 1 aliphatic rings. The number of piperidine rings is 1. The van der Waals surface area contributed by atoms with Crippen LogP contribution in [-0.4, -0.2) is 35.1 Å². The van der Waals surface area contributed by atoms with E-state index in [2.05, 4.69) is 10.3 Å². The SMILES string of the molecule is COC(=O)c1nc(C2(C)CCCCN2)n(C)c(=O)c1OC(=O)c1ccccc1. The molecule has 1 fully saturated rings. The zero-order valence-corrected chi connectivity index (χ0v) is 16.2. The number of aromatic nitrogens is 2. The monoisotopic (exact) mass is 385 g/mol. The Bertz CT molecular complexity index is 946. The molecule has 2 heterocycles. The molecular weight excluding hydrogens is 362 g/mol. The summed E-state index contributed by atoms with van der Waals surface area (Å²) in [6.45, 7) is 2.72. The van der Waals surface area contributed by atoms with E-state index in [4.69, 9.17) is 9.47 Å². The van der Waals surface area contributed by atoms with Gasteiger partial charge in [0, 0.05) is 7.05 Å². The third kappa shape index (κ3) is 3.68. The first-order valence-electron chi connectivity index (χ1n) is 9.09. The summed E-state index contributed by atoms with van der Waals surface area (Å²) in [7, 11) is 2.73. The molecule has 28 heavy (non-hydrogen) atoms. The van der Waals surface area contributed by atoms with Gasteiger partial charge in [-0.15, -0.1) is 0 Å². The van der Waals surface area contributed by atoms with Gasteiger partial charge in [-0.1, -0.05) is 18.2 Å². The van der Waals surface area contributed by atoms with Crippen LogP contribution in [0.25, 0.3) is 0 Å². The van der Waals surface area contributed by atoms with E-state index in [9.17, 15) is 14.4 Å². The number of hydrogen-bond acceptors (Lipinski definition) is 7. The average Bonchev–Trinajstić information content (AvgIpc) is 2.72. The van der Waals surface area contributed by atoms with Gasteiger partial charge in [0.2, 0.25) is 5.75 Å². The summed E-state index contributed by atoms with van der Waals surface area (Å²) < 4.78 is 11.4. The molecular formula is C20H23N3O5. The Morgan fingerprint density at radius 1 is 1.18 bits per heavy atom. The molecule has 0 radical (unpaired) electrons. The molecule has 1 aliphatic heterocycles. The molecule has 1 N–H and O–H groups in total. The van der Waals surface area contributed by atoms with Crippen molar-refractivity contribution in [1.82, 2.24) is 14.9 Å². The van der Waals surface area contributed by atoms with Crippen LogP contribution in [0.5, 0.6) is 5.75 Å². The highest BCUT2D eigenvalue weighted by Crippen LogP contribution is 2.29. The Morgan fingerprint density at radius 2 is 1.89 bits per heavy atom. The Morgan fingerprint density at radius 3 is 2.50 bits per heavy atom. The molecule has 0 aliphatic carbocycles. The summed E-state index contributed by atoms with van der Waals surface area (Å²) in [4.78, 5) is 42.1. The molecule has 8 heteroatoms. The first kappa shape index (κ1) is 19.8. The number of esters is 2. The summed E-state index contributed by atoms with van der Waals surface area (Å²) in [5.74, 6) is -1.63. The van der Waals surface area contributed by atoms with E-state index in [1.807, 2.05) is 6.92 Å². The summed E-state index contributed by atoms with van der Waals surface area (Å²) in [5.41, 5.74) is -1.25. The molecule has 3 rings (SSSR count). The number of carbonyl (C=O) groups excluding carboxylic acids is 2. The molecule has 1 atom stereocenters. The highest BCUT2D eigenvalue weighted by atomic mass is 16.5. The number of rotatable bonds is 4. The van der Waals surface area contributed by atoms with Gasteiger partial charge in [-0.05, 0) is 44.9 Å². The lowest BCUT2D eigenvalue weighted by molar-refractivity contribution is 0.0582. The Balaban J connectivity index is 2.09. The number of ether oxygens (including phenoxy) is 2. The molecule has 2 aromatic rings. The van der Waals surface area contributed by atoms with Gasteiger partial charge in [0.1, 0.15) is 5.82 Å². The lowest BCUT2D eigenvalue weighted by atomic mass is 9.89. The van der Waals surface area contributed by atoms with Crippen LogP contribution in [0.4, 0.5) is 0 Å². The zero-order valence-electron chi connectivity index (χ0n) is 16.2. The van der Waals surface area contributed by atoms with E-state index in [0.29, 0.717) is 5.82 Å². The third-order valence-corrected chi connectivity index (χ3v) is 4.94. The van der Waals surface area contributed by atoms with Gasteiger partial charge in [0.15, 0.2) is 5.69 Å². The smallest absolute Gasteiger partial charge is 0.360 e. The number of carbonyl (C=O) groups is 2. The van der Waals surface area contributed by atoms with Crippen LogP contribution in [0.3, 0.4) is 0 Å². The first-order chi connectivity index (χ1) is 13.4. The fraction of sp³-hybridized carbons (Fsp3) is 0.400. The van der Waals surface area contributed by atoms with Crippen LogP contribution in [0.15, 0.2) is 35.1 Å². The molecule has 1 unspecified atom stereocenters. The van der Waals surface area contributed by atoms with E-state index in [1.165, 1.54) is 11.7 Å². The lowest BCUT2D eigenvalue weighted by Gasteiger charge is -2.35. The number of nitrogens with zero attached hydrogens (tertiary/aromatic N) is 2. The Kier molecular flexibility index (Phi) is 5.60. The molecule has 8 nitrogen and oxygen atoms in total. The fourth-order valence-electron chi connectivity index (χ4n) is 3.37. The Hall–Kier alpha value is -3.00. The average molecular weight is 385 g/mol. The van der Waals surface area contributed by atoms with Crippen molar-refractivity contribution < 1.29 is 19.1 Å². The molecule has 148 valence electrons. The maximum Gasteiger partial charge on any atom is 0.360 e. The van der Waals surface area contributed by atoms with E-state index >= 15 is 0 Å². The van der Waals surface area contributed by atoms with Crippen LogP contribution in [0, 0.1) is 0 Å². The number of nitrogens with one attached hydrogen (secondary N) is 1. The minimum Gasteiger partial charge on any atom is -0.464 e. The van der Waals surface area contributed by atoms with Crippen LogP contribution < -0.4 is 15.6 Å². The second-order valence-corrected chi connectivity index (χ2v) is 6.94. The van der Waals surface area contributed by atoms with Gasteiger partial charge in [0.25, 0.3) is 5.56 Å². The summed E-state index contributed by atoms with van der Waals surface area (Å²) in [6.07, 6.45) is 2.76. The topological polar surface area (TPSA) is 99.5 Å². The van der Waals surface area contributed by atoms with E-state index in [1.54, 1.807) is 37.4 Å². The van der Waals surface area contributed by atoms with Crippen LogP contribution >= 0.6 is 0 Å². The van der Waals surface area contributed by atoms with Crippen molar-refractivity contribution in [2.45, 2.75) is 31.7 Å². The van der Waals surface area contributed by atoms with Gasteiger partial charge < -0.3 is 14.8 Å². The van der Waals surface area contributed by atoms with Crippen molar-refractivity contribution in [3.63, 3.8) is 0 Å². The normalized spacial score (nSPS) is 19.1. The van der Waals surface area contributed by atoms with E-state index < -0.39 is 28.8 Å². The number of benzene rings is 1. The maximum absolute atomic E-state index is 13.0. The molecule has 0 saturated carbocycles. The number of hydrogen-bond donors (Lipinski definition) is 1. The van der Waals surface area contributed by atoms with E-state index in [0.717, 1.165) is 25.8 Å². The Labute approximate surface area is 162 Å². The second-order valence-electron chi connectivity index (χ2n) is 6.94. The van der Waals surface area contributed by atoms with Crippen molar-refractivity contribution in [1.29, 1.82) is 0 Å². The lowest BCUT2D eigenvalue weighted by Crippen LogP contribution is -2.48. The fourth-order valence-corrected chi connectivity index (χ4v) is 3.37. The standard InChI is InChI=1S/C20H23N3O5/c1-20(11-7-8-12-21-20)19-22-14(18(26)27-3)15(16(24)23(19)2)28-17(25)13-9-5-4-6-10-13/h4-6,9-10,21H,7-8,11-12H2,1-3H3. The third-order valence-electron chi connectivity index (χ3n) is 4.94. The van der Waals surface area contributed by atoms with Gasteiger partial charge >= 0.3 is 11.9 Å². The van der Waals surface area contributed by atoms with Gasteiger partial charge in [-0.3, -0.25) is 9.36 Å². The van der Waals surface area contributed by atoms with Crippen molar-refractivity contribution in [3.05, 3.63) is 57.8 Å². The first-order valence-corrected chi connectivity index (χ1v) is 9.09. The zero-order chi connectivity index (χ0) is 20.3. The number of methoxy groups -OCH3 is 1. The quantitative estimate of drug-likeness (QED) is 0.801. The van der Waals surface area contributed by atoms with Crippen molar-refractivity contribution in [3.8, 4) is 5.75 Å². The molecule has 0 amide bonds. The molecule has 0 bridgehead atoms. The molecule has 1 saturated heterocycles. The minimum absolute atomic E-state index is 0.255. The predicted molar refractivity (Wildman–Crippen MR) is 101 cm³/mol. The molecule has 0 spiro atoms. The predicted octanol–water partition coefficient (Wildman–Crippen LogP) is 1.77. The maximum atomic E-state index is 13.0. The summed E-state index contributed by atoms with van der Waals surface area (Å²) in [5, 5.41) is 3.37. The molecule has 1 aromatic heterocycles. The van der Waals surface area contributed by atoms with Crippen molar-refractivity contribution in [2.75, 3.05) is 13.7 Å². The van der Waals surface area contributed by atoms with Crippen LogP contribution in [0.2, 0.25) is 0 Å². The summed E-state index contributed by atoms with van der Waals surface area (Å²) >= 11 is 0. The van der Waals surface area contributed by atoms with Gasteiger partial charge in [-0.2, -0.15) is 0 Å². The minimum atomic E-state index is -0.839. The van der Waals surface area contributed by atoms with Crippen molar-refractivity contribution in [2.24, 2.45) is 7.05 Å². The summed E-state index contributed by atoms with van der Waals surface area (Å²) in [6, 6.07) is 8.21.